The van der Waals surface area contributed by atoms with E-state index >= 15 is 0 Å². The van der Waals surface area contributed by atoms with Crippen LogP contribution in [0.3, 0.4) is 0 Å². The van der Waals surface area contributed by atoms with Crippen LogP contribution in [0, 0.1) is 5.92 Å². The Labute approximate surface area is 187 Å². The Morgan fingerprint density at radius 2 is 1.72 bits per heavy atom. The Kier molecular flexibility index (Phi) is 5.47. The van der Waals surface area contributed by atoms with Crippen molar-refractivity contribution in [3.05, 3.63) is 76.3 Å². The lowest BCUT2D eigenvalue weighted by Crippen LogP contribution is -2.45. The molecule has 0 saturated carbocycles. The molecule has 2 aliphatic rings. The number of pyridine rings is 1. The normalized spacial score (nSPS) is 16.7. The zero-order chi connectivity index (χ0) is 22.1. The van der Waals surface area contributed by atoms with Gasteiger partial charge in [0.1, 0.15) is 0 Å². The van der Waals surface area contributed by atoms with Gasteiger partial charge in [-0.25, -0.2) is 4.98 Å². The van der Waals surface area contributed by atoms with Crippen LogP contribution in [0.25, 0.3) is 11.3 Å². The molecule has 5 rings (SSSR count). The maximum absolute atomic E-state index is 13.2. The van der Waals surface area contributed by atoms with Crippen LogP contribution in [0.4, 0.5) is 5.95 Å². The van der Waals surface area contributed by atoms with Crippen molar-refractivity contribution in [2.24, 2.45) is 13.0 Å². The standard InChI is InChI=1S/C25H27N5O2/c1-28-23(31)16-22(19-6-11-26-12-7-19)27-25(28)29-13-9-20(10-14-29)24(32)30-15-8-18-4-2-3-5-21(18)17-30/h2-7,11-12,16,20H,8-10,13-15,17H2,1H3. The third-order valence-corrected chi connectivity index (χ3v) is 6.66. The van der Waals surface area contributed by atoms with Crippen LogP contribution >= 0.6 is 0 Å². The summed E-state index contributed by atoms with van der Waals surface area (Å²) in [5, 5.41) is 0. The van der Waals surface area contributed by atoms with Gasteiger partial charge < -0.3 is 9.80 Å². The van der Waals surface area contributed by atoms with Crippen LogP contribution in [0.15, 0.2) is 59.7 Å². The molecular weight excluding hydrogens is 402 g/mol. The molecule has 0 aliphatic carbocycles. The summed E-state index contributed by atoms with van der Waals surface area (Å²) in [6.07, 6.45) is 5.86. The van der Waals surface area contributed by atoms with E-state index in [9.17, 15) is 9.59 Å². The van der Waals surface area contributed by atoms with Gasteiger partial charge in [-0.3, -0.25) is 19.1 Å². The van der Waals surface area contributed by atoms with Crippen molar-refractivity contribution < 1.29 is 4.79 Å². The molecule has 0 N–H and O–H groups in total. The number of hydrogen-bond donors (Lipinski definition) is 0. The minimum atomic E-state index is -0.0907. The number of carbonyl (C=O) groups is 1. The Bertz CT molecular complexity index is 1180. The first-order valence-electron chi connectivity index (χ1n) is 11.2. The fourth-order valence-corrected chi connectivity index (χ4v) is 4.75. The lowest BCUT2D eigenvalue weighted by molar-refractivity contribution is -0.137. The Hall–Kier alpha value is -3.48. The molecule has 0 radical (unpaired) electrons. The predicted octanol–water partition coefficient (Wildman–Crippen LogP) is 2.64. The summed E-state index contributed by atoms with van der Waals surface area (Å²) in [4.78, 5) is 38.7. The number of amides is 1. The van der Waals surface area contributed by atoms with Crippen LogP contribution in [0.1, 0.15) is 24.0 Å². The largest absolute Gasteiger partial charge is 0.342 e. The predicted molar refractivity (Wildman–Crippen MR) is 123 cm³/mol. The van der Waals surface area contributed by atoms with E-state index < -0.39 is 0 Å². The third kappa shape index (κ3) is 3.90. The molecule has 164 valence electrons. The number of piperidine rings is 1. The molecule has 7 nitrogen and oxygen atoms in total. The summed E-state index contributed by atoms with van der Waals surface area (Å²) in [6.45, 7) is 2.92. The van der Waals surface area contributed by atoms with Crippen LogP contribution < -0.4 is 10.5 Å². The van der Waals surface area contributed by atoms with E-state index in [2.05, 4.69) is 28.1 Å². The zero-order valence-corrected chi connectivity index (χ0v) is 18.3. The molecular formula is C25H27N5O2. The van der Waals surface area contributed by atoms with Gasteiger partial charge in [0.25, 0.3) is 5.56 Å². The molecule has 3 aromatic rings. The van der Waals surface area contributed by atoms with Gasteiger partial charge in [0.05, 0.1) is 5.69 Å². The van der Waals surface area contributed by atoms with Gasteiger partial charge in [0.15, 0.2) is 0 Å². The molecule has 0 unspecified atom stereocenters. The van der Waals surface area contributed by atoms with Crippen molar-refractivity contribution in [3.63, 3.8) is 0 Å². The number of rotatable bonds is 3. The maximum atomic E-state index is 13.2. The molecule has 1 fully saturated rings. The van der Waals surface area contributed by atoms with Gasteiger partial charge in [-0.15, -0.1) is 0 Å². The topological polar surface area (TPSA) is 71.3 Å². The minimum absolute atomic E-state index is 0.0249. The van der Waals surface area contributed by atoms with Crippen LogP contribution in [-0.2, 0) is 24.8 Å². The molecule has 1 saturated heterocycles. The van der Waals surface area contributed by atoms with Gasteiger partial charge in [-0.1, -0.05) is 24.3 Å². The molecule has 32 heavy (non-hydrogen) atoms. The van der Waals surface area contributed by atoms with Crippen molar-refractivity contribution in [2.75, 3.05) is 24.5 Å². The summed E-state index contributed by atoms with van der Waals surface area (Å²) in [5.41, 5.74) is 4.04. The second kappa shape index (κ2) is 8.57. The molecule has 4 heterocycles. The number of carbonyl (C=O) groups excluding carboxylic acids is 1. The number of hydrogen-bond acceptors (Lipinski definition) is 5. The summed E-state index contributed by atoms with van der Waals surface area (Å²) >= 11 is 0. The maximum Gasteiger partial charge on any atom is 0.255 e. The molecule has 7 heteroatoms. The van der Waals surface area contributed by atoms with Gasteiger partial charge in [0.2, 0.25) is 11.9 Å². The first-order valence-corrected chi connectivity index (χ1v) is 11.2. The molecule has 2 aromatic heterocycles. The van der Waals surface area contributed by atoms with Crippen molar-refractivity contribution in [3.8, 4) is 11.3 Å². The van der Waals surface area contributed by atoms with Crippen LogP contribution in [-0.4, -0.2) is 45.0 Å². The molecule has 0 bridgehead atoms. The molecule has 1 amide bonds. The van der Waals surface area contributed by atoms with Gasteiger partial charge in [0, 0.05) is 63.2 Å². The summed E-state index contributed by atoms with van der Waals surface area (Å²) in [5.74, 6) is 0.936. The Morgan fingerprint density at radius 1 is 1.00 bits per heavy atom. The van der Waals surface area contributed by atoms with E-state index in [1.807, 2.05) is 23.1 Å². The average Bonchev–Trinajstić information content (AvgIpc) is 2.85. The quantitative estimate of drug-likeness (QED) is 0.640. The van der Waals surface area contributed by atoms with Crippen molar-refractivity contribution >= 4 is 11.9 Å². The number of benzene rings is 1. The lowest BCUT2D eigenvalue weighted by Gasteiger charge is -2.36. The highest BCUT2D eigenvalue weighted by molar-refractivity contribution is 5.79. The van der Waals surface area contributed by atoms with E-state index in [0.717, 1.165) is 31.4 Å². The Balaban J connectivity index is 1.28. The number of fused-ring (bicyclic) bond motifs is 1. The van der Waals surface area contributed by atoms with Gasteiger partial charge >= 0.3 is 0 Å². The second-order valence-electron chi connectivity index (χ2n) is 8.61. The molecule has 2 aliphatic heterocycles. The monoisotopic (exact) mass is 429 g/mol. The average molecular weight is 430 g/mol. The fraction of sp³-hybridized carbons (Fsp3) is 0.360. The molecule has 0 atom stereocenters. The van der Waals surface area contributed by atoms with E-state index in [1.165, 1.54) is 11.1 Å². The van der Waals surface area contributed by atoms with Crippen LogP contribution in [0.2, 0.25) is 0 Å². The number of aromatic nitrogens is 3. The van der Waals surface area contributed by atoms with Crippen molar-refractivity contribution in [2.45, 2.75) is 25.8 Å². The van der Waals surface area contributed by atoms with Crippen molar-refractivity contribution in [1.29, 1.82) is 0 Å². The third-order valence-electron chi connectivity index (χ3n) is 6.66. The number of nitrogens with zero attached hydrogens (tertiary/aromatic N) is 5. The highest BCUT2D eigenvalue weighted by Gasteiger charge is 2.31. The highest BCUT2D eigenvalue weighted by Crippen LogP contribution is 2.27. The summed E-state index contributed by atoms with van der Waals surface area (Å²) < 4.78 is 1.59. The van der Waals surface area contributed by atoms with Crippen molar-refractivity contribution in [1.82, 2.24) is 19.4 Å². The SMILES string of the molecule is Cn1c(N2CCC(C(=O)N3CCc4ccccc4C3)CC2)nc(-c2ccncc2)cc1=O. The zero-order valence-electron chi connectivity index (χ0n) is 18.3. The fourth-order valence-electron chi connectivity index (χ4n) is 4.75. The molecule has 0 spiro atoms. The van der Waals surface area contributed by atoms with Gasteiger partial charge in [-0.05, 0) is 42.5 Å². The van der Waals surface area contributed by atoms with E-state index in [4.69, 9.17) is 4.98 Å². The lowest BCUT2D eigenvalue weighted by atomic mass is 9.93. The molecule has 1 aromatic carbocycles. The smallest absolute Gasteiger partial charge is 0.255 e. The highest BCUT2D eigenvalue weighted by atomic mass is 16.2. The Morgan fingerprint density at radius 3 is 2.47 bits per heavy atom. The second-order valence-corrected chi connectivity index (χ2v) is 8.61. The van der Waals surface area contributed by atoms with E-state index in [-0.39, 0.29) is 17.4 Å². The first kappa shape index (κ1) is 20.4. The van der Waals surface area contributed by atoms with Crippen LogP contribution in [0.5, 0.6) is 0 Å². The van der Waals surface area contributed by atoms with E-state index in [0.29, 0.717) is 31.3 Å². The minimum Gasteiger partial charge on any atom is -0.342 e. The van der Waals surface area contributed by atoms with E-state index in [1.54, 1.807) is 30.1 Å². The summed E-state index contributed by atoms with van der Waals surface area (Å²) in [7, 11) is 1.75. The first-order chi connectivity index (χ1) is 15.6. The number of anilines is 1. The summed E-state index contributed by atoms with van der Waals surface area (Å²) in [6, 6.07) is 13.7. The van der Waals surface area contributed by atoms with Gasteiger partial charge in [-0.2, -0.15) is 0 Å².